The molecule has 0 bridgehead atoms. The molecule has 3 heterocycles. The number of amides is 1. The monoisotopic (exact) mass is 305 g/mol. The number of benzene rings is 2. The van der Waals surface area contributed by atoms with E-state index >= 15 is 0 Å². The molecular formula is C18H15N3O2. The molecule has 3 aliphatic heterocycles. The van der Waals surface area contributed by atoms with E-state index in [2.05, 4.69) is 10.4 Å². The highest BCUT2D eigenvalue weighted by Crippen LogP contribution is 2.53. The van der Waals surface area contributed by atoms with Crippen LogP contribution in [-0.4, -0.2) is 16.6 Å². The molecule has 114 valence electrons. The third-order valence-electron chi connectivity index (χ3n) is 4.77. The van der Waals surface area contributed by atoms with Crippen molar-refractivity contribution in [3.8, 4) is 5.75 Å². The number of hydrogen-bond acceptors (Lipinski definition) is 4. The molecule has 5 heteroatoms. The van der Waals surface area contributed by atoms with Gasteiger partial charge < -0.3 is 10.1 Å². The summed E-state index contributed by atoms with van der Waals surface area (Å²) in [5.41, 5.74) is 2.48. The fraction of sp³-hybridized carbons (Fsp3) is 0.222. The molecule has 0 unspecified atom stereocenters. The maximum Gasteiger partial charge on any atom is 0.306 e. The molecule has 0 fully saturated rings. The molecule has 0 radical (unpaired) electrons. The van der Waals surface area contributed by atoms with Gasteiger partial charge in [-0.3, -0.25) is 4.79 Å². The molecule has 0 aliphatic carbocycles. The molecule has 0 saturated carbocycles. The summed E-state index contributed by atoms with van der Waals surface area (Å²) >= 11 is 0. The van der Waals surface area contributed by atoms with Gasteiger partial charge in [-0.15, -0.1) is 0 Å². The van der Waals surface area contributed by atoms with Crippen LogP contribution in [0.25, 0.3) is 0 Å². The second kappa shape index (κ2) is 4.13. The van der Waals surface area contributed by atoms with Crippen molar-refractivity contribution < 1.29 is 9.53 Å². The lowest BCUT2D eigenvalue weighted by atomic mass is 9.93. The Morgan fingerprint density at radius 1 is 1.22 bits per heavy atom. The SMILES string of the molecule is CC1=NN2[C@H](C1)c1ccccc1O[C@]21C(=O)Nc2ccccc21. The summed E-state index contributed by atoms with van der Waals surface area (Å²) in [5.74, 6) is 0.571. The Kier molecular flexibility index (Phi) is 2.28. The van der Waals surface area contributed by atoms with Gasteiger partial charge >= 0.3 is 5.72 Å². The van der Waals surface area contributed by atoms with E-state index in [-0.39, 0.29) is 11.9 Å². The average molecular weight is 305 g/mol. The fourth-order valence-electron chi connectivity index (χ4n) is 3.79. The average Bonchev–Trinajstić information content (AvgIpc) is 3.08. The van der Waals surface area contributed by atoms with Crippen molar-refractivity contribution >= 4 is 17.3 Å². The second-order valence-electron chi connectivity index (χ2n) is 6.18. The fourth-order valence-corrected chi connectivity index (χ4v) is 3.79. The highest BCUT2D eigenvalue weighted by molar-refractivity contribution is 6.05. The quantitative estimate of drug-likeness (QED) is 0.814. The van der Waals surface area contributed by atoms with Gasteiger partial charge in [-0.25, -0.2) is 5.01 Å². The van der Waals surface area contributed by atoms with Crippen molar-refractivity contribution in [1.82, 2.24) is 5.01 Å². The van der Waals surface area contributed by atoms with E-state index in [0.717, 1.165) is 34.7 Å². The van der Waals surface area contributed by atoms with E-state index in [1.165, 1.54) is 0 Å². The topological polar surface area (TPSA) is 53.9 Å². The lowest BCUT2D eigenvalue weighted by Gasteiger charge is -2.44. The zero-order valence-electron chi connectivity index (χ0n) is 12.6. The molecule has 5 rings (SSSR count). The van der Waals surface area contributed by atoms with Crippen LogP contribution in [0.15, 0.2) is 53.6 Å². The number of anilines is 1. The second-order valence-corrected chi connectivity index (χ2v) is 6.18. The highest BCUT2D eigenvalue weighted by Gasteiger charge is 2.60. The number of hydrazone groups is 1. The minimum Gasteiger partial charge on any atom is -0.453 e. The largest absolute Gasteiger partial charge is 0.453 e. The molecule has 0 aromatic heterocycles. The smallest absolute Gasteiger partial charge is 0.306 e. The Hall–Kier alpha value is -2.82. The number of para-hydroxylation sites is 2. The maximum atomic E-state index is 12.9. The number of carbonyl (C=O) groups is 1. The van der Waals surface area contributed by atoms with E-state index in [0.29, 0.717) is 0 Å². The minimum atomic E-state index is -1.21. The van der Waals surface area contributed by atoms with Gasteiger partial charge in [-0.05, 0) is 19.1 Å². The van der Waals surface area contributed by atoms with Crippen molar-refractivity contribution in [2.45, 2.75) is 25.1 Å². The Bertz CT molecular complexity index is 876. The summed E-state index contributed by atoms with van der Waals surface area (Å²) in [7, 11) is 0. The first-order chi connectivity index (χ1) is 11.2. The molecule has 3 aliphatic rings. The van der Waals surface area contributed by atoms with Gasteiger partial charge in [0.05, 0.1) is 17.3 Å². The van der Waals surface area contributed by atoms with E-state index in [9.17, 15) is 4.79 Å². The van der Waals surface area contributed by atoms with Gasteiger partial charge in [-0.1, -0.05) is 36.4 Å². The Morgan fingerprint density at radius 2 is 2.00 bits per heavy atom. The van der Waals surface area contributed by atoms with Crippen LogP contribution >= 0.6 is 0 Å². The molecule has 2 aromatic rings. The number of fused-ring (bicyclic) bond motifs is 6. The number of nitrogens with zero attached hydrogens (tertiary/aromatic N) is 2. The third-order valence-corrected chi connectivity index (χ3v) is 4.77. The lowest BCUT2D eigenvalue weighted by molar-refractivity contribution is -0.161. The standard InChI is InChI=1S/C18H15N3O2/c1-11-10-15-12-6-2-5-9-16(12)23-18(21(15)20-11)13-7-3-4-8-14(13)19-17(18)22/h2-9,15H,10H2,1H3,(H,19,22)/t15-,18-/m1/s1. The van der Waals surface area contributed by atoms with Crippen LogP contribution in [0.4, 0.5) is 5.69 Å². The Labute approximate surface area is 133 Å². The first-order valence-electron chi connectivity index (χ1n) is 7.72. The van der Waals surface area contributed by atoms with Crippen LogP contribution in [0.1, 0.15) is 30.5 Å². The molecule has 0 saturated heterocycles. The number of nitrogens with one attached hydrogen (secondary N) is 1. The molecule has 1 amide bonds. The lowest BCUT2D eigenvalue weighted by Crippen LogP contribution is -2.55. The molecule has 2 aromatic carbocycles. The van der Waals surface area contributed by atoms with Crippen LogP contribution in [0.2, 0.25) is 0 Å². The normalized spacial score (nSPS) is 27.0. The van der Waals surface area contributed by atoms with Crippen molar-refractivity contribution in [3.63, 3.8) is 0 Å². The van der Waals surface area contributed by atoms with Crippen molar-refractivity contribution in [2.75, 3.05) is 5.32 Å². The number of ether oxygens (including phenoxy) is 1. The van der Waals surface area contributed by atoms with Crippen molar-refractivity contribution in [1.29, 1.82) is 0 Å². The summed E-state index contributed by atoms with van der Waals surface area (Å²) in [5, 5.41) is 9.44. The summed E-state index contributed by atoms with van der Waals surface area (Å²) in [6.45, 7) is 1.99. The summed E-state index contributed by atoms with van der Waals surface area (Å²) in [6.07, 6.45) is 0.803. The van der Waals surface area contributed by atoms with Crippen LogP contribution in [-0.2, 0) is 10.5 Å². The van der Waals surface area contributed by atoms with E-state index < -0.39 is 5.72 Å². The van der Waals surface area contributed by atoms with Crippen LogP contribution in [0.5, 0.6) is 5.75 Å². The maximum absolute atomic E-state index is 12.9. The molecule has 23 heavy (non-hydrogen) atoms. The zero-order chi connectivity index (χ0) is 15.6. The van der Waals surface area contributed by atoms with E-state index in [1.54, 1.807) is 0 Å². The summed E-state index contributed by atoms with van der Waals surface area (Å²) in [6, 6.07) is 15.6. The molecular weight excluding hydrogens is 290 g/mol. The van der Waals surface area contributed by atoms with Crippen LogP contribution in [0.3, 0.4) is 0 Å². The third kappa shape index (κ3) is 1.46. The van der Waals surface area contributed by atoms with Gasteiger partial charge in [0, 0.05) is 17.7 Å². The number of rotatable bonds is 0. The first kappa shape index (κ1) is 12.7. The van der Waals surface area contributed by atoms with Crippen LogP contribution < -0.4 is 10.1 Å². The van der Waals surface area contributed by atoms with Crippen molar-refractivity contribution in [3.05, 3.63) is 59.7 Å². The number of carbonyl (C=O) groups excluding carboxylic acids is 1. The van der Waals surface area contributed by atoms with Gasteiger partial charge in [0.2, 0.25) is 0 Å². The van der Waals surface area contributed by atoms with Gasteiger partial charge in [0.1, 0.15) is 5.75 Å². The molecule has 5 nitrogen and oxygen atoms in total. The summed E-state index contributed by atoms with van der Waals surface area (Å²) < 4.78 is 6.29. The molecule has 1 spiro atoms. The zero-order valence-corrected chi connectivity index (χ0v) is 12.6. The predicted octanol–water partition coefficient (Wildman–Crippen LogP) is 3.01. The Balaban J connectivity index is 1.79. The van der Waals surface area contributed by atoms with Crippen molar-refractivity contribution in [2.24, 2.45) is 5.10 Å². The molecule has 2 atom stereocenters. The summed E-state index contributed by atoms with van der Waals surface area (Å²) in [4.78, 5) is 12.9. The number of hydrogen-bond donors (Lipinski definition) is 1. The van der Waals surface area contributed by atoms with E-state index in [4.69, 9.17) is 4.74 Å². The van der Waals surface area contributed by atoms with Gasteiger partial charge in [0.25, 0.3) is 5.91 Å². The molecule has 1 N–H and O–H groups in total. The first-order valence-corrected chi connectivity index (χ1v) is 7.72. The van der Waals surface area contributed by atoms with Gasteiger partial charge in [0.15, 0.2) is 0 Å². The van der Waals surface area contributed by atoms with E-state index in [1.807, 2.05) is 60.5 Å². The minimum absolute atomic E-state index is 0.0249. The predicted molar refractivity (Wildman–Crippen MR) is 86.1 cm³/mol. The highest BCUT2D eigenvalue weighted by atomic mass is 16.5. The van der Waals surface area contributed by atoms with Crippen LogP contribution in [0, 0.1) is 0 Å². The van der Waals surface area contributed by atoms with Gasteiger partial charge in [-0.2, -0.15) is 5.10 Å². The Morgan fingerprint density at radius 3 is 2.91 bits per heavy atom.